The second kappa shape index (κ2) is 9.99. The second-order valence-corrected chi connectivity index (χ2v) is 9.01. The maximum Gasteiger partial charge on any atom is 0.416 e. The Morgan fingerprint density at radius 2 is 1.56 bits per heavy atom. The maximum absolute atomic E-state index is 13.4. The molecule has 1 N–H and O–H groups in total. The third kappa shape index (κ3) is 5.34. The number of alkyl halides is 3. The van der Waals surface area contributed by atoms with Gasteiger partial charge in [0.2, 0.25) is 0 Å². The Kier molecular flexibility index (Phi) is 6.61. The average Bonchev–Trinajstić information content (AvgIpc) is 2.89. The van der Waals surface area contributed by atoms with E-state index in [1.165, 1.54) is 17.2 Å². The van der Waals surface area contributed by atoms with E-state index in [2.05, 4.69) is 22.3 Å². The number of benzene rings is 4. The van der Waals surface area contributed by atoms with Crippen LogP contribution in [-0.2, 0) is 25.7 Å². The van der Waals surface area contributed by atoms with E-state index >= 15 is 0 Å². The zero-order valence-electron chi connectivity index (χ0n) is 19.6. The summed E-state index contributed by atoms with van der Waals surface area (Å²) in [7, 11) is 0. The number of amides is 1. The van der Waals surface area contributed by atoms with E-state index in [1.807, 2.05) is 42.5 Å². The highest BCUT2D eigenvalue weighted by Gasteiger charge is 2.32. The summed E-state index contributed by atoms with van der Waals surface area (Å²) in [5, 5.41) is 2.83. The Bertz CT molecular complexity index is 1370. The highest BCUT2D eigenvalue weighted by Crippen LogP contribution is 2.34. The zero-order chi connectivity index (χ0) is 25.1. The fourth-order valence-electron chi connectivity index (χ4n) is 4.64. The minimum atomic E-state index is -4.54. The number of nitrogens with one attached hydrogen (secondary N) is 1. The van der Waals surface area contributed by atoms with Gasteiger partial charge in [-0.25, -0.2) is 0 Å². The molecule has 0 radical (unpaired) electrons. The smallest absolute Gasteiger partial charge is 0.322 e. The van der Waals surface area contributed by atoms with E-state index in [1.54, 1.807) is 24.3 Å². The lowest BCUT2D eigenvalue weighted by Crippen LogP contribution is -2.30. The Morgan fingerprint density at radius 3 is 2.28 bits per heavy atom. The molecule has 1 aliphatic rings. The predicted molar refractivity (Wildman–Crippen MR) is 136 cm³/mol. The van der Waals surface area contributed by atoms with Crippen molar-refractivity contribution in [2.45, 2.75) is 25.7 Å². The number of fused-ring (bicyclic) bond motifs is 1. The summed E-state index contributed by atoms with van der Waals surface area (Å²) in [5.41, 5.74) is 4.45. The van der Waals surface area contributed by atoms with Crippen LogP contribution in [0.5, 0.6) is 0 Å². The van der Waals surface area contributed by atoms with Crippen LogP contribution in [0.3, 0.4) is 0 Å². The standard InChI is InChI=1S/C30H25F3N2O/c31-30(32,33)25-12-14-27(22-9-5-2-6-10-22)28(18-25)29(36)34-26-13-11-24-20-35(16-15-23(24)17-26)19-21-7-3-1-4-8-21/h1-14,17-18H,15-16,19-20H2,(H,34,36). The molecule has 0 saturated heterocycles. The lowest BCUT2D eigenvalue weighted by Gasteiger charge is -2.29. The monoisotopic (exact) mass is 486 g/mol. The molecule has 1 heterocycles. The van der Waals surface area contributed by atoms with Crippen LogP contribution in [0.1, 0.15) is 32.6 Å². The van der Waals surface area contributed by atoms with E-state index in [0.717, 1.165) is 43.8 Å². The van der Waals surface area contributed by atoms with Gasteiger partial charge in [-0.15, -0.1) is 0 Å². The summed E-state index contributed by atoms with van der Waals surface area (Å²) < 4.78 is 40.2. The molecule has 4 aromatic rings. The molecular weight excluding hydrogens is 461 g/mol. The van der Waals surface area contributed by atoms with Crippen molar-refractivity contribution in [3.8, 4) is 11.1 Å². The number of rotatable bonds is 5. The molecule has 0 aromatic heterocycles. The first kappa shape index (κ1) is 23.8. The highest BCUT2D eigenvalue weighted by atomic mass is 19.4. The van der Waals surface area contributed by atoms with Gasteiger partial charge in [-0.05, 0) is 58.5 Å². The van der Waals surface area contributed by atoms with Crippen LogP contribution in [-0.4, -0.2) is 17.4 Å². The highest BCUT2D eigenvalue weighted by molar-refractivity contribution is 6.09. The fourth-order valence-corrected chi connectivity index (χ4v) is 4.64. The largest absolute Gasteiger partial charge is 0.416 e. The van der Waals surface area contributed by atoms with Gasteiger partial charge in [-0.3, -0.25) is 9.69 Å². The predicted octanol–water partition coefficient (Wildman–Crippen LogP) is 7.18. The van der Waals surface area contributed by atoms with Gasteiger partial charge in [0.05, 0.1) is 5.56 Å². The molecule has 1 amide bonds. The third-order valence-electron chi connectivity index (χ3n) is 6.48. The van der Waals surface area contributed by atoms with Crippen LogP contribution in [0.25, 0.3) is 11.1 Å². The van der Waals surface area contributed by atoms with E-state index in [-0.39, 0.29) is 5.56 Å². The van der Waals surface area contributed by atoms with Gasteiger partial charge in [0, 0.05) is 30.9 Å². The summed E-state index contributed by atoms with van der Waals surface area (Å²) in [6.45, 7) is 2.58. The normalized spacial score (nSPS) is 13.8. The number of nitrogens with zero attached hydrogens (tertiary/aromatic N) is 1. The minimum Gasteiger partial charge on any atom is -0.322 e. The van der Waals surface area contributed by atoms with Crippen LogP contribution in [0.15, 0.2) is 97.1 Å². The molecule has 0 aliphatic carbocycles. The molecule has 0 fully saturated rings. The molecule has 36 heavy (non-hydrogen) atoms. The van der Waals surface area contributed by atoms with Gasteiger partial charge in [0.25, 0.3) is 5.91 Å². The number of hydrogen-bond acceptors (Lipinski definition) is 2. The SMILES string of the molecule is O=C(Nc1ccc2c(c1)CCN(Cc1ccccc1)C2)c1cc(C(F)(F)F)ccc1-c1ccccc1. The first-order chi connectivity index (χ1) is 17.4. The average molecular weight is 487 g/mol. The summed E-state index contributed by atoms with van der Waals surface area (Å²) >= 11 is 0. The molecule has 0 saturated carbocycles. The van der Waals surface area contributed by atoms with Gasteiger partial charge in [0.15, 0.2) is 0 Å². The van der Waals surface area contributed by atoms with Crippen LogP contribution in [0.2, 0.25) is 0 Å². The number of carbonyl (C=O) groups excluding carboxylic acids is 1. The van der Waals surface area contributed by atoms with Gasteiger partial charge in [-0.2, -0.15) is 13.2 Å². The van der Waals surface area contributed by atoms with Gasteiger partial charge in [0.1, 0.15) is 0 Å². The van der Waals surface area contributed by atoms with Crippen LogP contribution >= 0.6 is 0 Å². The summed E-state index contributed by atoms with van der Waals surface area (Å²) in [6.07, 6.45) is -3.70. The van der Waals surface area contributed by atoms with E-state index in [0.29, 0.717) is 16.8 Å². The minimum absolute atomic E-state index is 0.0113. The Hall–Kier alpha value is -3.90. The molecule has 0 unspecified atom stereocenters. The van der Waals surface area contributed by atoms with Crippen molar-refractivity contribution in [3.63, 3.8) is 0 Å². The van der Waals surface area contributed by atoms with E-state index in [9.17, 15) is 18.0 Å². The first-order valence-corrected chi connectivity index (χ1v) is 11.8. The van der Waals surface area contributed by atoms with Crippen molar-refractivity contribution < 1.29 is 18.0 Å². The van der Waals surface area contributed by atoms with E-state index in [4.69, 9.17) is 0 Å². The molecule has 3 nitrogen and oxygen atoms in total. The second-order valence-electron chi connectivity index (χ2n) is 9.01. The van der Waals surface area contributed by atoms with Crippen molar-refractivity contribution in [1.29, 1.82) is 0 Å². The van der Waals surface area contributed by atoms with Crippen LogP contribution < -0.4 is 5.32 Å². The molecule has 6 heteroatoms. The quantitative estimate of drug-likeness (QED) is 0.324. The number of hydrogen-bond donors (Lipinski definition) is 1. The molecule has 0 bridgehead atoms. The first-order valence-electron chi connectivity index (χ1n) is 11.8. The Morgan fingerprint density at radius 1 is 0.833 bits per heavy atom. The molecule has 182 valence electrons. The molecule has 0 atom stereocenters. The number of carbonyl (C=O) groups is 1. The van der Waals surface area contributed by atoms with Crippen LogP contribution in [0, 0.1) is 0 Å². The summed E-state index contributed by atoms with van der Waals surface area (Å²) in [6, 6.07) is 28.3. The maximum atomic E-state index is 13.4. The van der Waals surface area contributed by atoms with Gasteiger partial charge < -0.3 is 5.32 Å². The van der Waals surface area contributed by atoms with E-state index < -0.39 is 17.6 Å². The van der Waals surface area contributed by atoms with Crippen molar-refractivity contribution in [2.24, 2.45) is 0 Å². The molecular formula is C30H25F3N2O. The lowest BCUT2D eigenvalue weighted by atomic mass is 9.96. The molecule has 1 aliphatic heterocycles. The van der Waals surface area contributed by atoms with Crippen molar-refractivity contribution in [3.05, 3.63) is 125 Å². The topological polar surface area (TPSA) is 32.3 Å². The van der Waals surface area contributed by atoms with Crippen molar-refractivity contribution >= 4 is 11.6 Å². The fraction of sp³-hybridized carbons (Fsp3) is 0.167. The van der Waals surface area contributed by atoms with Crippen molar-refractivity contribution in [2.75, 3.05) is 11.9 Å². The summed E-state index contributed by atoms with van der Waals surface area (Å²) in [5.74, 6) is -0.568. The van der Waals surface area contributed by atoms with Crippen LogP contribution in [0.4, 0.5) is 18.9 Å². The Balaban J connectivity index is 1.37. The lowest BCUT2D eigenvalue weighted by molar-refractivity contribution is -0.137. The van der Waals surface area contributed by atoms with Gasteiger partial charge in [-0.1, -0.05) is 72.8 Å². The third-order valence-corrected chi connectivity index (χ3v) is 6.48. The zero-order valence-corrected chi connectivity index (χ0v) is 19.6. The number of halogens is 3. The Labute approximate surface area is 208 Å². The van der Waals surface area contributed by atoms with Gasteiger partial charge >= 0.3 is 6.18 Å². The molecule has 0 spiro atoms. The molecule has 4 aromatic carbocycles. The van der Waals surface area contributed by atoms with Crippen molar-refractivity contribution in [1.82, 2.24) is 4.90 Å². The number of anilines is 1. The molecule has 5 rings (SSSR count). The summed E-state index contributed by atoms with van der Waals surface area (Å²) in [4.78, 5) is 15.6.